The Bertz CT molecular complexity index is 680. The fourth-order valence-corrected chi connectivity index (χ4v) is 3.10. The van der Waals surface area contributed by atoms with Gasteiger partial charge in [0.15, 0.2) is 5.82 Å². The fraction of sp³-hybridized carbons (Fsp3) is 0.389. The second-order valence-electron chi connectivity index (χ2n) is 5.87. The zero-order chi connectivity index (χ0) is 16.2. The van der Waals surface area contributed by atoms with Gasteiger partial charge in [0.2, 0.25) is 0 Å². The van der Waals surface area contributed by atoms with Crippen molar-refractivity contribution in [3.05, 3.63) is 42.2 Å². The van der Waals surface area contributed by atoms with Crippen molar-refractivity contribution in [2.75, 3.05) is 18.0 Å². The molecule has 0 spiro atoms. The molecule has 1 aliphatic rings. The number of carboxylic acid groups (broad SMARTS) is 1. The van der Waals surface area contributed by atoms with Crippen LogP contribution < -0.4 is 4.90 Å². The van der Waals surface area contributed by atoms with E-state index in [-0.39, 0.29) is 5.92 Å². The number of anilines is 1. The Morgan fingerprint density at radius 3 is 2.57 bits per heavy atom. The van der Waals surface area contributed by atoms with Crippen LogP contribution in [0.2, 0.25) is 0 Å². The second-order valence-corrected chi connectivity index (χ2v) is 5.87. The van der Waals surface area contributed by atoms with Gasteiger partial charge in [-0.25, -0.2) is 9.97 Å². The first-order valence-corrected chi connectivity index (χ1v) is 8.07. The van der Waals surface area contributed by atoms with Crippen molar-refractivity contribution in [2.24, 2.45) is 5.92 Å². The summed E-state index contributed by atoms with van der Waals surface area (Å²) in [6, 6.07) is 8.20. The molecule has 1 saturated heterocycles. The lowest BCUT2D eigenvalue weighted by Gasteiger charge is -2.32. The minimum absolute atomic E-state index is 0.210. The molecule has 5 heteroatoms. The van der Waals surface area contributed by atoms with E-state index >= 15 is 0 Å². The van der Waals surface area contributed by atoms with Gasteiger partial charge in [0.1, 0.15) is 0 Å². The third-order valence-corrected chi connectivity index (χ3v) is 4.49. The first kappa shape index (κ1) is 15.5. The molecule has 2 aromatic rings. The molecule has 5 nitrogen and oxygen atoms in total. The Hall–Kier alpha value is -2.43. The van der Waals surface area contributed by atoms with Gasteiger partial charge in [0.05, 0.1) is 5.92 Å². The summed E-state index contributed by atoms with van der Waals surface area (Å²) in [4.78, 5) is 22.1. The Kier molecular flexibility index (Phi) is 4.55. The van der Waals surface area contributed by atoms with Crippen LogP contribution >= 0.6 is 0 Å². The molecule has 1 N–H and O–H groups in total. The summed E-state index contributed by atoms with van der Waals surface area (Å²) in [6.45, 7) is 3.68. The van der Waals surface area contributed by atoms with E-state index in [9.17, 15) is 4.79 Å². The number of aliphatic carboxylic acids is 1. The molecule has 2 heterocycles. The molecule has 3 rings (SSSR count). The maximum Gasteiger partial charge on any atom is 0.306 e. The number of aryl methyl sites for hydroxylation is 1. The molecule has 0 saturated carbocycles. The Labute approximate surface area is 136 Å². The van der Waals surface area contributed by atoms with E-state index in [1.54, 1.807) is 12.4 Å². The van der Waals surface area contributed by atoms with Crippen LogP contribution in [0, 0.1) is 5.92 Å². The third kappa shape index (κ3) is 3.33. The first-order valence-electron chi connectivity index (χ1n) is 8.07. The maximum atomic E-state index is 11.1. The normalized spacial score (nSPS) is 15.6. The molecular weight excluding hydrogens is 290 g/mol. The number of rotatable bonds is 4. The van der Waals surface area contributed by atoms with E-state index in [1.165, 1.54) is 5.56 Å². The van der Waals surface area contributed by atoms with E-state index in [1.807, 2.05) is 6.07 Å². The molecule has 0 bridgehead atoms. The zero-order valence-corrected chi connectivity index (χ0v) is 13.3. The molecule has 1 aliphatic heterocycles. The van der Waals surface area contributed by atoms with Gasteiger partial charge >= 0.3 is 5.97 Å². The van der Waals surface area contributed by atoms with E-state index in [0.717, 1.165) is 36.6 Å². The predicted molar refractivity (Wildman–Crippen MR) is 89.4 cm³/mol. The van der Waals surface area contributed by atoms with Crippen LogP contribution in [0.1, 0.15) is 25.3 Å². The highest BCUT2D eigenvalue weighted by Gasteiger charge is 2.25. The minimum atomic E-state index is -0.677. The number of carbonyl (C=O) groups is 1. The number of piperidine rings is 1. The molecule has 0 atom stereocenters. The summed E-state index contributed by atoms with van der Waals surface area (Å²) in [5.41, 5.74) is 3.40. The molecule has 1 aromatic heterocycles. The van der Waals surface area contributed by atoms with Crippen molar-refractivity contribution in [1.29, 1.82) is 0 Å². The standard InChI is InChI=1S/C18H21N3O2/c1-2-13-4-5-15(12-16(13)17-19-8-3-9-20-17)21-10-6-14(7-11-21)18(22)23/h3-5,8-9,12,14H,2,6-7,10-11H2,1H3,(H,22,23). The van der Waals surface area contributed by atoms with Gasteiger partial charge in [-0.3, -0.25) is 4.79 Å². The zero-order valence-electron chi connectivity index (χ0n) is 13.3. The summed E-state index contributed by atoms with van der Waals surface area (Å²) in [7, 11) is 0. The Balaban J connectivity index is 1.86. The molecule has 0 unspecified atom stereocenters. The van der Waals surface area contributed by atoms with Crippen molar-refractivity contribution < 1.29 is 9.90 Å². The first-order chi connectivity index (χ1) is 11.2. The predicted octanol–water partition coefficient (Wildman–Crippen LogP) is 3.01. The van der Waals surface area contributed by atoms with Crippen molar-refractivity contribution >= 4 is 11.7 Å². The van der Waals surface area contributed by atoms with Gasteiger partial charge in [-0.1, -0.05) is 13.0 Å². The number of aromatic nitrogens is 2. The summed E-state index contributed by atoms with van der Waals surface area (Å²) < 4.78 is 0. The van der Waals surface area contributed by atoms with Crippen LogP contribution in [0.4, 0.5) is 5.69 Å². The Morgan fingerprint density at radius 2 is 1.96 bits per heavy atom. The number of hydrogen-bond acceptors (Lipinski definition) is 4. The average molecular weight is 311 g/mol. The van der Waals surface area contributed by atoms with Gasteiger partial charge in [-0.05, 0) is 43.0 Å². The topological polar surface area (TPSA) is 66.3 Å². The van der Waals surface area contributed by atoms with Crippen LogP contribution in [0.3, 0.4) is 0 Å². The van der Waals surface area contributed by atoms with E-state index in [0.29, 0.717) is 12.8 Å². The van der Waals surface area contributed by atoms with Crippen molar-refractivity contribution in [3.8, 4) is 11.4 Å². The molecule has 1 aromatic carbocycles. The quantitative estimate of drug-likeness (QED) is 0.940. The van der Waals surface area contributed by atoms with E-state index in [4.69, 9.17) is 5.11 Å². The van der Waals surface area contributed by atoms with Gasteiger partial charge in [0.25, 0.3) is 0 Å². The third-order valence-electron chi connectivity index (χ3n) is 4.49. The van der Waals surface area contributed by atoms with Crippen LogP contribution in [0.15, 0.2) is 36.7 Å². The number of nitrogens with zero attached hydrogens (tertiary/aromatic N) is 3. The summed E-state index contributed by atoms with van der Waals surface area (Å²) >= 11 is 0. The number of carboxylic acids is 1. The summed E-state index contributed by atoms with van der Waals surface area (Å²) in [6.07, 6.45) is 5.83. The molecule has 0 aliphatic carbocycles. The lowest BCUT2D eigenvalue weighted by molar-refractivity contribution is -0.142. The highest BCUT2D eigenvalue weighted by atomic mass is 16.4. The minimum Gasteiger partial charge on any atom is -0.481 e. The maximum absolute atomic E-state index is 11.1. The second kappa shape index (κ2) is 6.77. The molecule has 0 radical (unpaired) electrons. The smallest absolute Gasteiger partial charge is 0.306 e. The van der Waals surface area contributed by atoms with Gasteiger partial charge < -0.3 is 10.0 Å². The molecule has 120 valence electrons. The molecule has 23 heavy (non-hydrogen) atoms. The average Bonchev–Trinajstić information content (AvgIpc) is 2.62. The van der Waals surface area contributed by atoms with Crippen LogP contribution in [0.25, 0.3) is 11.4 Å². The molecule has 1 fully saturated rings. The van der Waals surface area contributed by atoms with Crippen LogP contribution in [-0.4, -0.2) is 34.1 Å². The van der Waals surface area contributed by atoms with E-state index in [2.05, 4.69) is 40.0 Å². The number of benzene rings is 1. The molecular formula is C18H21N3O2. The lowest BCUT2D eigenvalue weighted by Crippen LogP contribution is -2.36. The largest absolute Gasteiger partial charge is 0.481 e. The van der Waals surface area contributed by atoms with Crippen molar-refractivity contribution in [1.82, 2.24) is 9.97 Å². The van der Waals surface area contributed by atoms with Crippen LogP contribution in [-0.2, 0) is 11.2 Å². The highest BCUT2D eigenvalue weighted by Crippen LogP contribution is 2.29. The Morgan fingerprint density at radius 1 is 1.26 bits per heavy atom. The lowest BCUT2D eigenvalue weighted by atomic mass is 9.96. The number of hydrogen-bond donors (Lipinski definition) is 1. The summed E-state index contributed by atoms with van der Waals surface area (Å²) in [5, 5.41) is 9.12. The van der Waals surface area contributed by atoms with Crippen molar-refractivity contribution in [3.63, 3.8) is 0 Å². The fourth-order valence-electron chi connectivity index (χ4n) is 3.10. The SMILES string of the molecule is CCc1ccc(N2CCC(C(=O)O)CC2)cc1-c1ncccn1. The van der Waals surface area contributed by atoms with Gasteiger partial charge in [0, 0.05) is 36.7 Å². The summed E-state index contributed by atoms with van der Waals surface area (Å²) in [5.74, 6) is -0.144. The van der Waals surface area contributed by atoms with Gasteiger partial charge in [-0.2, -0.15) is 0 Å². The van der Waals surface area contributed by atoms with Crippen LogP contribution in [0.5, 0.6) is 0 Å². The van der Waals surface area contributed by atoms with Gasteiger partial charge in [-0.15, -0.1) is 0 Å². The van der Waals surface area contributed by atoms with E-state index < -0.39 is 5.97 Å². The molecule has 0 amide bonds. The highest BCUT2D eigenvalue weighted by molar-refractivity contribution is 5.71. The van der Waals surface area contributed by atoms with Crippen molar-refractivity contribution in [2.45, 2.75) is 26.2 Å². The monoisotopic (exact) mass is 311 g/mol.